The number of halogens is 4. The van der Waals surface area contributed by atoms with E-state index in [9.17, 15) is 22.4 Å². The largest absolute Gasteiger partial charge is 0.490 e. The van der Waals surface area contributed by atoms with Crippen LogP contribution < -0.4 is 5.32 Å². The molecule has 2 atom stereocenters. The maximum Gasteiger partial charge on any atom is 0.490 e. The molecule has 2 aliphatic rings. The van der Waals surface area contributed by atoms with E-state index in [1.165, 1.54) is 23.3 Å². The van der Waals surface area contributed by atoms with Crippen molar-refractivity contribution in [3.63, 3.8) is 0 Å². The maximum atomic E-state index is 13.4. The Morgan fingerprint density at radius 1 is 1.05 bits per heavy atom. The van der Waals surface area contributed by atoms with E-state index in [0.717, 1.165) is 38.4 Å². The van der Waals surface area contributed by atoms with Gasteiger partial charge in [-0.3, -0.25) is 9.69 Å². The number of alkyl halides is 3. The van der Waals surface area contributed by atoms with E-state index in [1.54, 1.807) is 12.1 Å². The second-order valence-corrected chi connectivity index (χ2v) is 9.23. The standard InChI is InChI=1S/C23H24FN5O.C2HF3O2/c1-15-4-2-5-16(8-15)11-28-12-17-9-21-26-27-22(29(21)14-18(17)13-28)23(30)25-20-7-3-6-19(24)10-20;3-2(4,5)1(6)7/h2-8,10,17-18H,9,11-14H2,1H3,(H,25,30);(H,6,7). The highest BCUT2D eigenvalue weighted by Gasteiger charge is 2.39. The number of hydrogen-bond acceptors (Lipinski definition) is 5. The van der Waals surface area contributed by atoms with Crippen LogP contribution in [0.15, 0.2) is 48.5 Å². The molecule has 1 fully saturated rings. The minimum Gasteiger partial charge on any atom is -0.475 e. The lowest BCUT2D eigenvalue weighted by Crippen LogP contribution is -2.31. The second kappa shape index (κ2) is 10.7. The van der Waals surface area contributed by atoms with Gasteiger partial charge in [0, 0.05) is 38.3 Å². The monoisotopic (exact) mass is 519 g/mol. The lowest BCUT2D eigenvalue weighted by molar-refractivity contribution is -0.192. The third-order valence-electron chi connectivity index (χ3n) is 6.36. The smallest absolute Gasteiger partial charge is 0.475 e. The molecule has 2 aliphatic heterocycles. The highest BCUT2D eigenvalue weighted by atomic mass is 19.4. The van der Waals surface area contributed by atoms with Gasteiger partial charge in [0.1, 0.15) is 11.6 Å². The summed E-state index contributed by atoms with van der Waals surface area (Å²) in [5.41, 5.74) is 3.03. The first-order valence-corrected chi connectivity index (χ1v) is 11.6. The van der Waals surface area contributed by atoms with Crippen LogP contribution >= 0.6 is 0 Å². The molecule has 2 N–H and O–H groups in total. The molecule has 0 saturated carbocycles. The van der Waals surface area contributed by atoms with E-state index >= 15 is 0 Å². The van der Waals surface area contributed by atoms with Crippen LogP contribution in [0.25, 0.3) is 0 Å². The van der Waals surface area contributed by atoms with Crippen LogP contribution in [0.1, 0.15) is 27.6 Å². The summed E-state index contributed by atoms with van der Waals surface area (Å²) in [4.78, 5) is 24.1. The van der Waals surface area contributed by atoms with E-state index in [2.05, 4.69) is 51.6 Å². The van der Waals surface area contributed by atoms with Gasteiger partial charge in [0.05, 0.1) is 0 Å². The summed E-state index contributed by atoms with van der Waals surface area (Å²) in [5, 5.41) is 18.3. The van der Waals surface area contributed by atoms with Gasteiger partial charge in [-0.05, 0) is 42.5 Å². The molecular weight excluding hydrogens is 494 g/mol. The summed E-state index contributed by atoms with van der Waals surface area (Å²) in [6, 6.07) is 14.5. The third-order valence-corrected chi connectivity index (χ3v) is 6.36. The molecule has 1 aromatic heterocycles. The van der Waals surface area contributed by atoms with Crippen LogP contribution in [0.4, 0.5) is 23.2 Å². The molecule has 1 saturated heterocycles. The predicted molar refractivity (Wildman–Crippen MR) is 125 cm³/mol. The number of nitrogens with one attached hydrogen (secondary N) is 1. The van der Waals surface area contributed by atoms with E-state index in [-0.39, 0.29) is 5.91 Å². The Morgan fingerprint density at radius 2 is 1.76 bits per heavy atom. The van der Waals surface area contributed by atoms with Crippen molar-refractivity contribution in [1.29, 1.82) is 0 Å². The first-order valence-electron chi connectivity index (χ1n) is 11.6. The molecule has 5 rings (SSSR count). The zero-order valence-electron chi connectivity index (χ0n) is 19.9. The molecule has 0 radical (unpaired) electrons. The number of carboxylic acids is 1. The predicted octanol–water partition coefficient (Wildman–Crippen LogP) is 3.92. The van der Waals surface area contributed by atoms with Gasteiger partial charge >= 0.3 is 12.1 Å². The molecule has 37 heavy (non-hydrogen) atoms. The third kappa shape index (κ3) is 6.50. The Kier molecular flexibility index (Phi) is 7.58. The summed E-state index contributed by atoms with van der Waals surface area (Å²) in [5.74, 6) is -1.34. The fraction of sp³-hybridized carbons (Fsp3) is 0.360. The summed E-state index contributed by atoms with van der Waals surface area (Å²) in [7, 11) is 0. The summed E-state index contributed by atoms with van der Waals surface area (Å²) >= 11 is 0. The van der Waals surface area contributed by atoms with Gasteiger partial charge in [-0.1, -0.05) is 35.9 Å². The van der Waals surface area contributed by atoms with Gasteiger partial charge in [0.25, 0.3) is 5.91 Å². The average Bonchev–Trinajstić information content (AvgIpc) is 3.39. The number of anilines is 1. The molecule has 0 bridgehead atoms. The lowest BCUT2D eigenvalue weighted by atomic mass is 9.89. The van der Waals surface area contributed by atoms with Crippen molar-refractivity contribution in [2.24, 2.45) is 11.8 Å². The van der Waals surface area contributed by atoms with Crippen LogP contribution in [-0.4, -0.2) is 55.9 Å². The molecule has 0 aliphatic carbocycles. The highest BCUT2D eigenvalue weighted by molar-refractivity contribution is 6.01. The second-order valence-electron chi connectivity index (χ2n) is 9.23. The zero-order valence-corrected chi connectivity index (χ0v) is 19.9. The van der Waals surface area contributed by atoms with Crippen LogP contribution in [0, 0.1) is 24.6 Å². The topological polar surface area (TPSA) is 100 Å². The summed E-state index contributed by atoms with van der Waals surface area (Å²) in [6.45, 7) is 5.85. The van der Waals surface area contributed by atoms with Crippen LogP contribution in [0.3, 0.4) is 0 Å². The van der Waals surface area contributed by atoms with Crippen molar-refractivity contribution in [3.8, 4) is 0 Å². The lowest BCUT2D eigenvalue weighted by Gasteiger charge is -2.25. The van der Waals surface area contributed by atoms with Crippen molar-refractivity contribution >= 4 is 17.6 Å². The Labute approximate surface area is 209 Å². The summed E-state index contributed by atoms with van der Waals surface area (Å²) < 4.78 is 47.1. The number of likely N-dealkylation sites (tertiary alicyclic amines) is 1. The minimum absolute atomic E-state index is 0.296. The van der Waals surface area contributed by atoms with Crippen molar-refractivity contribution in [3.05, 3.63) is 77.1 Å². The number of fused-ring (bicyclic) bond motifs is 2. The Balaban J connectivity index is 0.000000405. The van der Waals surface area contributed by atoms with Gasteiger partial charge in [0.15, 0.2) is 0 Å². The average molecular weight is 519 g/mol. The number of benzene rings is 2. The number of carbonyl (C=O) groups excluding carboxylic acids is 1. The van der Waals surface area contributed by atoms with E-state index in [1.807, 2.05) is 4.57 Å². The molecule has 3 heterocycles. The van der Waals surface area contributed by atoms with E-state index < -0.39 is 18.0 Å². The number of aliphatic carboxylic acids is 1. The number of carbonyl (C=O) groups is 2. The van der Waals surface area contributed by atoms with Crippen LogP contribution in [-0.2, 0) is 24.3 Å². The van der Waals surface area contributed by atoms with Gasteiger partial charge in [-0.2, -0.15) is 13.2 Å². The maximum absolute atomic E-state index is 13.4. The zero-order chi connectivity index (χ0) is 26.7. The van der Waals surface area contributed by atoms with E-state index in [0.29, 0.717) is 23.3 Å². The molecule has 2 aromatic carbocycles. The van der Waals surface area contributed by atoms with Crippen molar-refractivity contribution in [1.82, 2.24) is 19.7 Å². The molecule has 1 amide bonds. The minimum atomic E-state index is -5.08. The Morgan fingerprint density at radius 3 is 2.43 bits per heavy atom. The van der Waals surface area contributed by atoms with Crippen molar-refractivity contribution in [2.45, 2.75) is 32.6 Å². The van der Waals surface area contributed by atoms with Gasteiger partial charge < -0.3 is 15.0 Å². The quantitative estimate of drug-likeness (QED) is 0.507. The number of amides is 1. The number of carboxylic acid groups (broad SMARTS) is 1. The van der Waals surface area contributed by atoms with Gasteiger partial charge in [0.2, 0.25) is 5.82 Å². The molecule has 12 heteroatoms. The first-order chi connectivity index (χ1) is 17.5. The van der Waals surface area contributed by atoms with Gasteiger partial charge in [-0.25, -0.2) is 9.18 Å². The molecule has 196 valence electrons. The Hall–Kier alpha value is -3.80. The van der Waals surface area contributed by atoms with E-state index in [4.69, 9.17) is 9.90 Å². The molecular formula is C25H25F4N5O3. The SMILES string of the molecule is Cc1cccc(CN2CC3Cc4nnc(C(=O)Nc5cccc(F)c5)n4CC3C2)c1.O=C(O)C(F)(F)F. The van der Waals surface area contributed by atoms with Crippen LogP contribution in [0.2, 0.25) is 0 Å². The molecule has 0 spiro atoms. The summed E-state index contributed by atoms with van der Waals surface area (Å²) in [6.07, 6.45) is -4.25. The number of aromatic nitrogens is 3. The fourth-order valence-corrected chi connectivity index (χ4v) is 4.74. The highest BCUT2D eigenvalue weighted by Crippen LogP contribution is 2.33. The number of nitrogens with zero attached hydrogens (tertiary/aromatic N) is 4. The van der Waals surface area contributed by atoms with Gasteiger partial charge in [-0.15, -0.1) is 10.2 Å². The molecule has 2 unspecified atom stereocenters. The fourth-order valence-electron chi connectivity index (χ4n) is 4.74. The number of hydrogen-bond donors (Lipinski definition) is 2. The number of aryl methyl sites for hydroxylation is 1. The first kappa shape index (κ1) is 26.3. The molecule has 8 nitrogen and oxygen atoms in total. The normalized spacial score (nSPS) is 18.8. The van der Waals surface area contributed by atoms with Crippen LogP contribution in [0.5, 0.6) is 0 Å². The van der Waals surface area contributed by atoms with Crippen molar-refractivity contribution < 1.29 is 32.3 Å². The molecule has 3 aromatic rings. The number of rotatable bonds is 4. The van der Waals surface area contributed by atoms with Crippen molar-refractivity contribution in [2.75, 3.05) is 18.4 Å². The Bertz CT molecular complexity index is 1290.